The van der Waals surface area contributed by atoms with Crippen molar-refractivity contribution in [1.82, 2.24) is 5.43 Å². The number of hydrogen-bond acceptors (Lipinski definition) is 4. The van der Waals surface area contributed by atoms with Crippen LogP contribution in [0.4, 0.5) is 0 Å². The third kappa shape index (κ3) is 1.92. The maximum absolute atomic E-state index is 5.55. The SMILES string of the molecule is CC1CC(C(NN)C2=CCCO2)CO1. The maximum Gasteiger partial charge on any atom is 0.111 e. The van der Waals surface area contributed by atoms with Gasteiger partial charge in [-0.2, -0.15) is 0 Å². The number of nitrogens with two attached hydrogens (primary N) is 1. The van der Waals surface area contributed by atoms with Crippen molar-refractivity contribution in [3.63, 3.8) is 0 Å². The van der Waals surface area contributed by atoms with Crippen molar-refractivity contribution >= 4 is 0 Å². The molecule has 0 aliphatic carbocycles. The van der Waals surface area contributed by atoms with Crippen LogP contribution >= 0.6 is 0 Å². The average molecular weight is 198 g/mol. The minimum atomic E-state index is 0.127. The van der Waals surface area contributed by atoms with Crippen LogP contribution in [0.25, 0.3) is 0 Å². The second-order valence-electron chi connectivity index (χ2n) is 4.03. The minimum Gasteiger partial charge on any atom is -0.496 e. The van der Waals surface area contributed by atoms with Gasteiger partial charge in [0.25, 0.3) is 0 Å². The number of nitrogens with one attached hydrogen (secondary N) is 1. The summed E-state index contributed by atoms with van der Waals surface area (Å²) in [6.45, 7) is 3.66. The highest BCUT2D eigenvalue weighted by atomic mass is 16.5. The van der Waals surface area contributed by atoms with Crippen LogP contribution in [-0.4, -0.2) is 25.4 Å². The molecule has 2 heterocycles. The van der Waals surface area contributed by atoms with Gasteiger partial charge in [0.05, 0.1) is 25.4 Å². The van der Waals surface area contributed by atoms with Crippen LogP contribution < -0.4 is 11.3 Å². The van der Waals surface area contributed by atoms with Crippen LogP contribution in [-0.2, 0) is 9.47 Å². The van der Waals surface area contributed by atoms with Gasteiger partial charge >= 0.3 is 0 Å². The molecule has 0 aromatic carbocycles. The fourth-order valence-corrected chi connectivity index (χ4v) is 2.19. The van der Waals surface area contributed by atoms with Crippen molar-refractivity contribution in [1.29, 1.82) is 0 Å². The third-order valence-corrected chi connectivity index (χ3v) is 2.92. The van der Waals surface area contributed by atoms with Crippen LogP contribution in [0.2, 0.25) is 0 Å². The topological polar surface area (TPSA) is 56.5 Å². The Morgan fingerprint density at radius 2 is 2.50 bits per heavy atom. The predicted molar refractivity (Wildman–Crippen MR) is 53.3 cm³/mol. The Bertz CT molecular complexity index is 230. The smallest absolute Gasteiger partial charge is 0.111 e. The largest absolute Gasteiger partial charge is 0.496 e. The zero-order valence-corrected chi connectivity index (χ0v) is 8.53. The Morgan fingerprint density at radius 3 is 3.00 bits per heavy atom. The predicted octanol–water partition coefficient (Wildman–Crippen LogP) is 0.547. The van der Waals surface area contributed by atoms with Gasteiger partial charge in [-0.25, -0.2) is 5.43 Å². The summed E-state index contributed by atoms with van der Waals surface area (Å²) in [5, 5.41) is 0. The normalized spacial score (nSPS) is 34.0. The van der Waals surface area contributed by atoms with E-state index in [0.29, 0.717) is 12.0 Å². The Kier molecular flexibility index (Phi) is 3.05. The van der Waals surface area contributed by atoms with E-state index >= 15 is 0 Å². The summed E-state index contributed by atoms with van der Waals surface area (Å²) < 4.78 is 11.0. The van der Waals surface area contributed by atoms with Crippen LogP contribution in [0.15, 0.2) is 11.8 Å². The van der Waals surface area contributed by atoms with Crippen molar-refractivity contribution in [2.24, 2.45) is 11.8 Å². The molecule has 0 spiro atoms. The third-order valence-electron chi connectivity index (χ3n) is 2.92. The van der Waals surface area contributed by atoms with Gasteiger partial charge in [0.1, 0.15) is 5.76 Å². The molecule has 0 bridgehead atoms. The standard InChI is InChI=1S/C10H18N2O2/c1-7-5-8(6-14-7)10(12-11)9-3-2-4-13-9/h3,7-8,10,12H,2,4-6,11H2,1H3. The van der Waals surface area contributed by atoms with Crippen molar-refractivity contribution in [2.45, 2.75) is 31.9 Å². The van der Waals surface area contributed by atoms with Gasteiger partial charge in [0.2, 0.25) is 0 Å². The Hall–Kier alpha value is -0.580. The van der Waals surface area contributed by atoms with E-state index in [0.717, 1.165) is 31.8 Å². The fourth-order valence-electron chi connectivity index (χ4n) is 2.19. The molecule has 0 radical (unpaired) electrons. The van der Waals surface area contributed by atoms with E-state index < -0.39 is 0 Å². The summed E-state index contributed by atoms with van der Waals surface area (Å²) >= 11 is 0. The van der Waals surface area contributed by atoms with E-state index in [2.05, 4.69) is 18.4 Å². The van der Waals surface area contributed by atoms with Gasteiger partial charge in [0, 0.05) is 12.3 Å². The molecule has 0 aromatic heterocycles. The van der Waals surface area contributed by atoms with Crippen molar-refractivity contribution in [2.75, 3.05) is 13.2 Å². The van der Waals surface area contributed by atoms with E-state index in [4.69, 9.17) is 15.3 Å². The summed E-state index contributed by atoms with van der Waals surface area (Å²) in [6.07, 6.45) is 4.51. The summed E-state index contributed by atoms with van der Waals surface area (Å²) in [4.78, 5) is 0. The molecule has 2 aliphatic heterocycles. The van der Waals surface area contributed by atoms with Gasteiger partial charge in [-0.3, -0.25) is 5.84 Å². The molecule has 4 heteroatoms. The lowest BCUT2D eigenvalue weighted by molar-refractivity contribution is 0.114. The highest BCUT2D eigenvalue weighted by Crippen LogP contribution is 2.27. The van der Waals surface area contributed by atoms with E-state index in [1.165, 1.54) is 0 Å². The van der Waals surface area contributed by atoms with Crippen molar-refractivity contribution in [3.05, 3.63) is 11.8 Å². The Balaban J connectivity index is 1.98. The molecule has 3 unspecified atom stereocenters. The van der Waals surface area contributed by atoms with Gasteiger partial charge < -0.3 is 9.47 Å². The number of hydrogen-bond donors (Lipinski definition) is 2. The minimum absolute atomic E-state index is 0.127. The first-order valence-electron chi connectivity index (χ1n) is 5.22. The number of hydrazine groups is 1. The van der Waals surface area contributed by atoms with Crippen LogP contribution in [0.1, 0.15) is 19.8 Å². The number of rotatable bonds is 3. The molecule has 0 aromatic rings. The van der Waals surface area contributed by atoms with Crippen molar-refractivity contribution in [3.8, 4) is 0 Å². The lowest BCUT2D eigenvalue weighted by Gasteiger charge is -2.22. The zero-order valence-electron chi connectivity index (χ0n) is 8.53. The molecule has 0 amide bonds. The van der Waals surface area contributed by atoms with Gasteiger partial charge in [0.15, 0.2) is 0 Å². The van der Waals surface area contributed by atoms with Crippen LogP contribution in [0, 0.1) is 5.92 Å². The van der Waals surface area contributed by atoms with Gasteiger partial charge in [-0.05, 0) is 19.4 Å². The molecule has 80 valence electrons. The molecular weight excluding hydrogens is 180 g/mol. The molecule has 3 atom stereocenters. The summed E-state index contributed by atoms with van der Waals surface area (Å²) in [5.41, 5.74) is 2.83. The number of ether oxygens (including phenoxy) is 2. The second kappa shape index (κ2) is 4.29. The fraction of sp³-hybridized carbons (Fsp3) is 0.800. The summed E-state index contributed by atoms with van der Waals surface area (Å²) in [6, 6.07) is 0.127. The first kappa shape index (κ1) is 9.96. The molecule has 4 nitrogen and oxygen atoms in total. The average Bonchev–Trinajstić information content (AvgIpc) is 2.79. The summed E-state index contributed by atoms with van der Waals surface area (Å²) in [7, 11) is 0. The Labute approximate surface area is 84.4 Å². The highest BCUT2D eigenvalue weighted by Gasteiger charge is 2.32. The second-order valence-corrected chi connectivity index (χ2v) is 4.03. The van der Waals surface area contributed by atoms with Crippen molar-refractivity contribution < 1.29 is 9.47 Å². The van der Waals surface area contributed by atoms with Crippen LogP contribution in [0.5, 0.6) is 0 Å². The molecule has 1 saturated heterocycles. The molecule has 1 fully saturated rings. The quantitative estimate of drug-likeness (QED) is 0.513. The van der Waals surface area contributed by atoms with E-state index in [1.807, 2.05) is 0 Å². The molecular formula is C10H18N2O2. The first-order valence-corrected chi connectivity index (χ1v) is 5.22. The molecule has 3 N–H and O–H groups in total. The lowest BCUT2D eigenvalue weighted by atomic mass is 9.96. The molecule has 0 saturated carbocycles. The Morgan fingerprint density at radius 1 is 1.64 bits per heavy atom. The molecule has 2 rings (SSSR count). The lowest BCUT2D eigenvalue weighted by Crippen LogP contribution is -2.42. The zero-order chi connectivity index (χ0) is 9.97. The van der Waals surface area contributed by atoms with E-state index in [9.17, 15) is 0 Å². The molecule has 2 aliphatic rings. The molecule has 14 heavy (non-hydrogen) atoms. The summed E-state index contributed by atoms with van der Waals surface area (Å²) in [5.74, 6) is 6.99. The highest BCUT2D eigenvalue weighted by molar-refractivity contribution is 5.09. The van der Waals surface area contributed by atoms with E-state index in [-0.39, 0.29) is 6.04 Å². The maximum atomic E-state index is 5.55. The first-order chi connectivity index (χ1) is 6.81. The van der Waals surface area contributed by atoms with Gasteiger partial charge in [-0.15, -0.1) is 0 Å². The van der Waals surface area contributed by atoms with Crippen LogP contribution in [0.3, 0.4) is 0 Å². The van der Waals surface area contributed by atoms with E-state index in [1.54, 1.807) is 0 Å². The van der Waals surface area contributed by atoms with Gasteiger partial charge in [-0.1, -0.05) is 0 Å². The monoisotopic (exact) mass is 198 g/mol.